The molecule has 0 aliphatic carbocycles. The van der Waals surface area contributed by atoms with E-state index in [0.717, 1.165) is 84.7 Å². The zero-order valence-electron chi connectivity index (χ0n) is 22.9. The Kier molecular flexibility index (Phi) is 9.06. The number of ether oxygens (including phenoxy) is 2. The van der Waals surface area contributed by atoms with Crippen LogP contribution in [-0.2, 0) is 9.47 Å². The number of aryl methyl sites for hydroxylation is 2. The van der Waals surface area contributed by atoms with E-state index in [0.29, 0.717) is 31.1 Å². The highest BCUT2D eigenvalue weighted by Crippen LogP contribution is 2.36. The summed E-state index contributed by atoms with van der Waals surface area (Å²) in [6.45, 7) is 12.2. The van der Waals surface area contributed by atoms with E-state index < -0.39 is 0 Å². The van der Waals surface area contributed by atoms with Gasteiger partial charge in [-0.2, -0.15) is 0 Å². The number of aliphatic hydroxyl groups is 1. The van der Waals surface area contributed by atoms with E-state index >= 15 is 0 Å². The summed E-state index contributed by atoms with van der Waals surface area (Å²) < 4.78 is 11.3. The molecule has 2 aromatic carbocycles. The number of H-pyrrole nitrogens is 1. The second-order valence-corrected chi connectivity index (χ2v) is 10.3. The number of aromatic hydroxyl groups is 1. The molecule has 0 bridgehead atoms. The summed E-state index contributed by atoms with van der Waals surface area (Å²) in [7, 11) is 0. The lowest BCUT2D eigenvalue weighted by Crippen LogP contribution is -2.47. The highest BCUT2D eigenvalue weighted by Gasteiger charge is 2.28. The van der Waals surface area contributed by atoms with Gasteiger partial charge in [-0.1, -0.05) is 23.8 Å². The van der Waals surface area contributed by atoms with Crippen molar-refractivity contribution in [2.75, 3.05) is 72.4 Å². The monoisotopic (exact) mass is 533 g/mol. The van der Waals surface area contributed by atoms with Crippen molar-refractivity contribution in [1.29, 1.82) is 0 Å². The van der Waals surface area contributed by atoms with Crippen molar-refractivity contribution in [2.24, 2.45) is 9.98 Å². The fourth-order valence-electron chi connectivity index (χ4n) is 5.27. The van der Waals surface area contributed by atoms with Crippen molar-refractivity contribution in [3.05, 3.63) is 58.7 Å². The summed E-state index contributed by atoms with van der Waals surface area (Å²) in [6, 6.07) is 12.2. The lowest BCUT2D eigenvalue weighted by molar-refractivity contribution is 0.0650. The molecule has 9 heteroatoms. The number of piperazine rings is 1. The number of hydrogen-bond donors (Lipinski definition) is 3. The van der Waals surface area contributed by atoms with Crippen molar-refractivity contribution in [3.8, 4) is 5.88 Å². The second kappa shape index (κ2) is 12.8. The van der Waals surface area contributed by atoms with Gasteiger partial charge >= 0.3 is 0 Å². The highest BCUT2D eigenvalue weighted by atomic mass is 16.5. The first-order chi connectivity index (χ1) is 19.0. The second-order valence-electron chi connectivity index (χ2n) is 10.3. The first-order valence-electron chi connectivity index (χ1n) is 13.8. The van der Waals surface area contributed by atoms with Crippen molar-refractivity contribution >= 4 is 28.0 Å². The molecule has 1 saturated heterocycles. The minimum Gasteiger partial charge on any atom is -0.494 e. The molecule has 208 valence electrons. The zero-order valence-corrected chi connectivity index (χ0v) is 22.9. The van der Waals surface area contributed by atoms with Crippen LogP contribution in [-0.4, -0.2) is 109 Å². The van der Waals surface area contributed by atoms with E-state index in [1.165, 1.54) is 0 Å². The molecule has 1 aromatic heterocycles. The molecule has 0 saturated carbocycles. The predicted molar refractivity (Wildman–Crippen MR) is 155 cm³/mol. The van der Waals surface area contributed by atoms with Crippen LogP contribution in [0.4, 0.5) is 5.69 Å². The minimum absolute atomic E-state index is 0.0858. The molecule has 3 aromatic rings. The molecular formula is C30H39N5O4. The van der Waals surface area contributed by atoms with Gasteiger partial charge in [0.2, 0.25) is 0 Å². The molecule has 0 unspecified atom stereocenters. The first kappa shape index (κ1) is 27.5. The third-order valence-electron chi connectivity index (χ3n) is 7.36. The van der Waals surface area contributed by atoms with Gasteiger partial charge in [-0.25, -0.2) is 4.99 Å². The Bertz CT molecular complexity index is 1340. The normalized spacial score (nSPS) is 17.3. The van der Waals surface area contributed by atoms with E-state index in [1.54, 1.807) is 0 Å². The molecule has 0 atom stereocenters. The Labute approximate surface area is 229 Å². The van der Waals surface area contributed by atoms with Gasteiger partial charge in [0, 0.05) is 62.3 Å². The molecule has 3 heterocycles. The van der Waals surface area contributed by atoms with Crippen LogP contribution in [0.3, 0.4) is 0 Å². The molecule has 39 heavy (non-hydrogen) atoms. The predicted octanol–water partition coefficient (Wildman–Crippen LogP) is 3.40. The summed E-state index contributed by atoms with van der Waals surface area (Å²) in [5, 5.41) is 20.5. The van der Waals surface area contributed by atoms with Crippen LogP contribution in [0.5, 0.6) is 5.88 Å². The molecule has 2 aliphatic rings. The van der Waals surface area contributed by atoms with Crippen LogP contribution in [0.25, 0.3) is 10.9 Å². The van der Waals surface area contributed by atoms with Crippen LogP contribution >= 0.6 is 0 Å². The fraction of sp³-hybridized carbons (Fsp3) is 0.467. The van der Waals surface area contributed by atoms with Gasteiger partial charge < -0.3 is 29.6 Å². The van der Waals surface area contributed by atoms with Crippen LogP contribution in [0.1, 0.15) is 28.7 Å². The molecule has 9 nitrogen and oxygen atoms in total. The Hall–Kier alpha value is -3.08. The molecule has 0 spiro atoms. The maximum Gasteiger partial charge on any atom is 0.199 e. The molecule has 1 fully saturated rings. The van der Waals surface area contributed by atoms with Gasteiger partial charge in [-0.05, 0) is 44.0 Å². The van der Waals surface area contributed by atoms with Gasteiger partial charge in [-0.3, -0.25) is 9.89 Å². The first-order valence-corrected chi connectivity index (χ1v) is 13.8. The van der Waals surface area contributed by atoms with Crippen molar-refractivity contribution in [1.82, 2.24) is 14.8 Å². The van der Waals surface area contributed by atoms with Gasteiger partial charge in [0.1, 0.15) is 12.4 Å². The van der Waals surface area contributed by atoms with Crippen molar-refractivity contribution in [2.45, 2.75) is 20.3 Å². The van der Waals surface area contributed by atoms with Crippen LogP contribution in [0.2, 0.25) is 0 Å². The Morgan fingerprint density at radius 3 is 2.46 bits per heavy atom. The SMILES string of the molecule is Cc1ccc2c(c1)C(=NCOCCN1CCN(CCCOCCO)CC1)C(c1c(O)[nH]c3cc(C)ccc13)=N2. The van der Waals surface area contributed by atoms with E-state index in [1.807, 2.05) is 37.3 Å². The molecule has 0 amide bonds. The third-order valence-corrected chi connectivity index (χ3v) is 7.36. The summed E-state index contributed by atoms with van der Waals surface area (Å²) in [5.74, 6) is 0.101. The standard InChI is InChI=1S/C30H39N5O4/c1-21-5-7-25-24(18-21)28(29(32-25)27-23-6-4-22(2)19-26(23)33-30(27)37)31-20-39-16-13-35-11-9-34(10-12-35)8-3-15-38-17-14-36/h4-7,18-19,33,36-37H,3,8-17,20H2,1-2H3. The Morgan fingerprint density at radius 1 is 0.923 bits per heavy atom. The van der Waals surface area contributed by atoms with Crippen LogP contribution in [0, 0.1) is 13.8 Å². The average Bonchev–Trinajstić information content (AvgIpc) is 3.44. The van der Waals surface area contributed by atoms with E-state index in [4.69, 9.17) is 24.6 Å². The quantitative estimate of drug-likeness (QED) is 0.308. The van der Waals surface area contributed by atoms with Crippen molar-refractivity contribution < 1.29 is 19.7 Å². The Morgan fingerprint density at radius 2 is 1.67 bits per heavy atom. The highest BCUT2D eigenvalue weighted by molar-refractivity contribution is 6.58. The summed E-state index contributed by atoms with van der Waals surface area (Å²) in [6.07, 6.45) is 0.993. The third kappa shape index (κ3) is 6.57. The summed E-state index contributed by atoms with van der Waals surface area (Å²) >= 11 is 0. The number of benzene rings is 2. The van der Waals surface area contributed by atoms with Crippen LogP contribution in [0.15, 0.2) is 46.4 Å². The summed E-state index contributed by atoms with van der Waals surface area (Å²) in [5.41, 5.74) is 7.05. The maximum atomic E-state index is 10.8. The molecular weight excluding hydrogens is 494 g/mol. The number of nitrogens with one attached hydrogen (secondary N) is 1. The number of fused-ring (bicyclic) bond motifs is 2. The van der Waals surface area contributed by atoms with Gasteiger partial charge in [0.15, 0.2) is 5.88 Å². The lowest BCUT2D eigenvalue weighted by Gasteiger charge is -2.34. The smallest absolute Gasteiger partial charge is 0.199 e. The number of nitrogens with zero attached hydrogens (tertiary/aromatic N) is 4. The molecule has 5 rings (SSSR count). The number of aliphatic hydroxyl groups excluding tert-OH is 1. The van der Waals surface area contributed by atoms with E-state index in [9.17, 15) is 5.11 Å². The maximum absolute atomic E-state index is 10.8. The van der Waals surface area contributed by atoms with Gasteiger partial charge in [0.25, 0.3) is 0 Å². The van der Waals surface area contributed by atoms with Gasteiger partial charge in [-0.15, -0.1) is 0 Å². The Balaban J connectivity index is 1.18. The number of hydrogen-bond acceptors (Lipinski definition) is 8. The average molecular weight is 534 g/mol. The number of aliphatic imine (C=N–C) groups is 2. The molecule has 0 radical (unpaired) electrons. The van der Waals surface area contributed by atoms with E-state index in [2.05, 4.69) is 27.8 Å². The zero-order chi connectivity index (χ0) is 27.2. The largest absolute Gasteiger partial charge is 0.494 e. The summed E-state index contributed by atoms with van der Waals surface area (Å²) in [4.78, 5) is 17.7. The van der Waals surface area contributed by atoms with Crippen LogP contribution < -0.4 is 0 Å². The number of aromatic amines is 1. The molecule has 2 aliphatic heterocycles. The minimum atomic E-state index is 0.0858. The van der Waals surface area contributed by atoms with Gasteiger partial charge in [0.05, 0.1) is 36.8 Å². The topological polar surface area (TPSA) is 106 Å². The molecule has 3 N–H and O–H groups in total. The van der Waals surface area contributed by atoms with Crippen molar-refractivity contribution in [3.63, 3.8) is 0 Å². The fourth-order valence-corrected chi connectivity index (χ4v) is 5.27. The van der Waals surface area contributed by atoms with E-state index in [-0.39, 0.29) is 19.2 Å². The number of rotatable bonds is 12. The number of aromatic nitrogens is 1. The lowest BCUT2D eigenvalue weighted by atomic mass is 9.99.